The van der Waals surface area contributed by atoms with Gasteiger partial charge in [0.1, 0.15) is 5.69 Å². The van der Waals surface area contributed by atoms with Gasteiger partial charge < -0.3 is 10.1 Å². The average Bonchev–Trinajstić information content (AvgIpc) is 2.96. The van der Waals surface area contributed by atoms with E-state index >= 15 is 0 Å². The van der Waals surface area contributed by atoms with Crippen LogP contribution in [-0.2, 0) is 9.53 Å². The number of thioether (sulfide) groups is 1. The first-order valence-corrected chi connectivity index (χ1v) is 7.29. The average molecular weight is 323 g/mol. The Hall–Kier alpha value is -2.42. The predicted molar refractivity (Wildman–Crippen MR) is 77.8 cm³/mol. The number of aromatic nitrogens is 2. The minimum absolute atomic E-state index is 0.0817. The number of allylic oxidation sites excluding steroid dienone is 2. The monoisotopic (exact) mass is 323 g/mol. The van der Waals surface area contributed by atoms with Crippen molar-refractivity contribution in [2.24, 2.45) is 0 Å². The fourth-order valence-electron chi connectivity index (χ4n) is 1.85. The number of Topliss-reactive ketones (excluding diaryl/α,β-unsaturated/α-hetero) is 1. The number of amides is 1. The third-order valence-corrected chi connectivity index (χ3v) is 3.99. The number of fused-ring (bicyclic) bond motifs is 1. The summed E-state index contributed by atoms with van der Waals surface area (Å²) in [5.41, 5.74) is -0.323. The molecular weight excluding hydrogens is 310 g/mol. The van der Waals surface area contributed by atoms with Gasteiger partial charge >= 0.3 is 5.97 Å². The third-order valence-electron chi connectivity index (χ3n) is 2.97. The van der Waals surface area contributed by atoms with Gasteiger partial charge in [-0.2, -0.15) is 5.10 Å². The smallest absolute Gasteiger partial charge is 0.356 e. The molecule has 0 spiro atoms. The molecule has 0 saturated carbocycles. The fraction of sp³-hybridized carbons (Fsp3) is 0.308. The lowest BCUT2D eigenvalue weighted by atomic mass is 9.99. The Morgan fingerprint density at radius 1 is 1.41 bits per heavy atom. The normalized spacial score (nSPS) is 13.5. The quantitative estimate of drug-likeness (QED) is 0.749. The van der Waals surface area contributed by atoms with Crippen molar-refractivity contribution in [2.45, 2.75) is 6.42 Å². The molecule has 0 saturated heterocycles. The van der Waals surface area contributed by atoms with Crippen LogP contribution in [0.3, 0.4) is 0 Å². The van der Waals surface area contributed by atoms with Crippen LogP contribution in [0.15, 0.2) is 11.0 Å². The van der Waals surface area contributed by atoms with Gasteiger partial charge in [0, 0.05) is 25.3 Å². The second-order valence-corrected chi connectivity index (χ2v) is 5.42. The number of nitrogens with zero attached hydrogens (tertiary/aromatic N) is 1. The summed E-state index contributed by atoms with van der Waals surface area (Å²) in [5.74, 6) is -1.55. The van der Waals surface area contributed by atoms with Crippen molar-refractivity contribution in [3.63, 3.8) is 0 Å². The lowest BCUT2D eigenvalue weighted by molar-refractivity contribution is -0.120. The molecule has 0 radical (unpaired) electrons. The molecule has 1 heterocycles. The van der Waals surface area contributed by atoms with Crippen LogP contribution in [0.2, 0.25) is 0 Å². The molecule has 2 rings (SSSR count). The highest BCUT2D eigenvalue weighted by atomic mass is 32.2. The van der Waals surface area contributed by atoms with E-state index in [1.807, 2.05) is 0 Å². The molecule has 1 aromatic rings. The number of hydrogen-bond acceptors (Lipinski definition) is 7. The van der Waals surface area contributed by atoms with Crippen LogP contribution >= 0.6 is 11.8 Å². The lowest BCUT2D eigenvalue weighted by Crippen LogP contribution is -2.20. The number of rotatable bonds is 5. The molecular formula is C13H13N3O5S. The van der Waals surface area contributed by atoms with Gasteiger partial charge in [-0.3, -0.25) is 19.5 Å². The molecule has 8 nitrogen and oxygen atoms in total. The zero-order chi connectivity index (χ0) is 16.3. The van der Waals surface area contributed by atoms with Crippen LogP contribution < -0.4 is 5.32 Å². The highest BCUT2D eigenvalue weighted by Gasteiger charge is 2.34. The van der Waals surface area contributed by atoms with Crippen molar-refractivity contribution in [3.8, 4) is 0 Å². The molecule has 0 unspecified atom stereocenters. The van der Waals surface area contributed by atoms with E-state index in [0.717, 1.165) is 11.8 Å². The molecule has 0 bridgehead atoms. The van der Waals surface area contributed by atoms with E-state index in [1.54, 1.807) is 0 Å². The summed E-state index contributed by atoms with van der Waals surface area (Å²) in [6, 6.07) is 0. The Labute approximate surface area is 129 Å². The van der Waals surface area contributed by atoms with Crippen LogP contribution in [0.4, 0.5) is 0 Å². The molecule has 1 aliphatic carbocycles. The molecule has 0 aromatic carbocycles. The van der Waals surface area contributed by atoms with Crippen LogP contribution in [0.1, 0.15) is 37.8 Å². The fourth-order valence-corrected chi connectivity index (χ4v) is 2.78. The molecule has 0 fully saturated rings. The van der Waals surface area contributed by atoms with Crippen molar-refractivity contribution < 1.29 is 23.9 Å². The second kappa shape index (κ2) is 6.56. The number of carbonyl (C=O) groups excluding carboxylic acids is 4. The molecule has 116 valence electrons. The third kappa shape index (κ3) is 2.93. The SMILES string of the molecule is CNC(=O)CCSC1=CC(=O)c2n[nH]c(C(=O)OC)c2C1=O. The Kier molecular flexibility index (Phi) is 4.76. The zero-order valence-corrected chi connectivity index (χ0v) is 12.7. The van der Waals surface area contributed by atoms with E-state index in [9.17, 15) is 19.2 Å². The van der Waals surface area contributed by atoms with E-state index in [0.29, 0.717) is 5.75 Å². The molecule has 9 heteroatoms. The number of ether oxygens (including phenoxy) is 1. The summed E-state index contributed by atoms with van der Waals surface area (Å²) in [4.78, 5) is 47.3. The summed E-state index contributed by atoms with van der Waals surface area (Å²) in [7, 11) is 2.68. The molecule has 0 aliphatic heterocycles. The maximum atomic E-state index is 12.4. The van der Waals surface area contributed by atoms with Gasteiger partial charge in [-0.15, -0.1) is 11.8 Å². The topological polar surface area (TPSA) is 118 Å². The van der Waals surface area contributed by atoms with E-state index in [-0.39, 0.29) is 34.2 Å². The Morgan fingerprint density at radius 3 is 2.77 bits per heavy atom. The number of carbonyl (C=O) groups is 4. The van der Waals surface area contributed by atoms with Crippen molar-refractivity contribution in [3.05, 3.63) is 27.9 Å². The maximum absolute atomic E-state index is 12.4. The minimum atomic E-state index is -0.772. The van der Waals surface area contributed by atoms with Gasteiger partial charge in [0.2, 0.25) is 17.5 Å². The van der Waals surface area contributed by atoms with Crippen LogP contribution in [0, 0.1) is 0 Å². The van der Waals surface area contributed by atoms with Gasteiger partial charge in [-0.05, 0) is 0 Å². The molecule has 22 heavy (non-hydrogen) atoms. The van der Waals surface area contributed by atoms with E-state index < -0.39 is 17.5 Å². The number of esters is 1. The summed E-state index contributed by atoms with van der Waals surface area (Å²) in [5, 5.41) is 8.52. The number of hydrogen-bond donors (Lipinski definition) is 2. The number of aromatic amines is 1. The largest absolute Gasteiger partial charge is 0.464 e. The predicted octanol–water partition coefficient (Wildman–Crippen LogP) is 0.328. The van der Waals surface area contributed by atoms with Gasteiger partial charge in [0.05, 0.1) is 17.6 Å². The van der Waals surface area contributed by atoms with E-state index in [1.165, 1.54) is 20.2 Å². The highest BCUT2D eigenvalue weighted by molar-refractivity contribution is 8.04. The van der Waals surface area contributed by atoms with Gasteiger partial charge in [0.25, 0.3) is 0 Å². The molecule has 1 aliphatic rings. The number of H-pyrrole nitrogens is 1. The minimum Gasteiger partial charge on any atom is -0.464 e. The molecule has 0 atom stereocenters. The first kappa shape index (κ1) is 16.0. The van der Waals surface area contributed by atoms with Crippen LogP contribution in [0.25, 0.3) is 0 Å². The summed E-state index contributed by atoms with van der Waals surface area (Å²) in [6.45, 7) is 0. The highest BCUT2D eigenvalue weighted by Crippen LogP contribution is 2.29. The Morgan fingerprint density at radius 2 is 2.14 bits per heavy atom. The zero-order valence-electron chi connectivity index (χ0n) is 11.9. The van der Waals surface area contributed by atoms with Gasteiger partial charge in [-0.25, -0.2) is 4.79 Å². The summed E-state index contributed by atoms with van der Waals surface area (Å²) in [6.07, 6.45) is 1.38. The van der Waals surface area contributed by atoms with Crippen molar-refractivity contribution in [1.82, 2.24) is 15.5 Å². The summed E-state index contributed by atoms with van der Waals surface area (Å²) < 4.78 is 4.55. The maximum Gasteiger partial charge on any atom is 0.356 e. The summed E-state index contributed by atoms with van der Waals surface area (Å²) >= 11 is 1.08. The van der Waals surface area contributed by atoms with Crippen molar-refractivity contribution >= 4 is 35.2 Å². The standard InChI is InChI=1S/C13H13N3O5S/c1-14-8(18)3-4-22-7-5-6(17)10-9(12(7)19)11(16-15-10)13(20)21-2/h5H,3-4H2,1-2H3,(H,14,18)(H,15,16). The van der Waals surface area contributed by atoms with Gasteiger partial charge in [0.15, 0.2) is 5.69 Å². The Bertz CT molecular complexity index is 692. The van der Waals surface area contributed by atoms with Gasteiger partial charge in [-0.1, -0.05) is 0 Å². The first-order chi connectivity index (χ1) is 10.5. The second-order valence-electron chi connectivity index (χ2n) is 4.29. The van der Waals surface area contributed by atoms with Crippen LogP contribution in [-0.4, -0.2) is 53.6 Å². The molecule has 1 aromatic heterocycles. The number of ketones is 2. The van der Waals surface area contributed by atoms with Crippen LogP contribution in [0.5, 0.6) is 0 Å². The number of nitrogens with one attached hydrogen (secondary N) is 2. The first-order valence-electron chi connectivity index (χ1n) is 6.30. The lowest BCUT2D eigenvalue weighted by Gasteiger charge is -2.11. The van der Waals surface area contributed by atoms with Crippen molar-refractivity contribution in [2.75, 3.05) is 19.9 Å². The van der Waals surface area contributed by atoms with E-state index in [4.69, 9.17) is 0 Å². The Balaban J connectivity index is 2.22. The molecule has 2 N–H and O–H groups in total. The van der Waals surface area contributed by atoms with E-state index in [2.05, 4.69) is 20.3 Å². The molecule has 1 amide bonds. The van der Waals surface area contributed by atoms with Crippen molar-refractivity contribution in [1.29, 1.82) is 0 Å². The number of methoxy groups -OCH3 is 1.